The first-order valence-corrected chi connectivity index (χ1v) is 10.9. The van der Waals surface area contributed by atoms with Crippen LogP contribution in [0.3, 0.4) is 0 Å². The molecule has 0 spiro atoms. The molecule has 0 saturated carbocycles. The minimum atomic E-state index is -0.621. The lowest BCUT2D eigenvalue weighted by Crippen LogP contribution is -2.31. The Labute approximate surface area is 195 Å². The molecule has 1 amide bonds. The van der Waals surface area contributed by atoms with E-state index in [1.165, 1.54) is 0 Å². The second-order valence-corrected chi connectivity index (χ2v) is 8.10. The van der Waals surface area contributed by atoms with Crippen LogP contribution in [-0.4, -0.2) is 36.7 Å². The van der Waals surface area contributed by atoms with E-state index in [1.807, 2.05) is 18.2 Å². The number of benzene rings is 3. The molecule has 34 heavy (non-hydrogen) atoms. The number of aromatic hydroxyl groups is 1. The van der Waals surface area contributed by atoms with Crippen LogP contribution in [0, 0.1) is 0 Å². The highest BCUT2D eigenvalue weighted by atomic mass is 16.5. The van der Waals surface area contributed by atoms with Gasteiger partial charge >= 0.3 is 0 Å². The van der Waals surface area contributed by atoms with Crippen molar-refractivity contribution in [2.24, 2.45) is 0 Å². The summed E-state index contributed by atoms with van der Waals surface area (Å²) < 4.78 is 16.6. The molecule has 172 valence electrons. The Morgan fingerprint density at radius 1 is 0.941 bits per heavy atom. The summed E-state index contributed by atoms with van der Waals surface area (Å²) >= 11 is 0. The van der Waals surface area contributed by atoms with Gasteiger partial charge in [-0.3, -0.25) is 9.59 Å². The standard InChI is InChI=1S/C27H23NO6/c1-32-21-12-7-16(15-22(21)33-2)13-14-28-24(17-8-10-18(29)11-9-17)23-25(30)19-5-3-4-6-20(19)34-26(23)27(28)31/h3-12,15,24,29H,13-14H2,1-2H3/t24-/m1/s1. The number of carbonyl (C=O) groups excluding carboxylic acids is 1. The highest BCUT2D eigenvalue weighted by molar-refractivity contribution is 5.99. The Bertz CT molecular complexity index is 1440. The van der Waals surface area contributed by atoms with E-state index in [1.54, 1.807) is 67.7 Å². The van der Waals surface area contributed by atoms with Gasteiger partial charge in [0.25, 0.3) is 5.91 Å². The van der Waals surface area contributed by atoms with Crippen LogP contribution in [-0.2, 0) is 6.42 Å². The van der Waals surface area contributed by atoms with Crippen molar-refractivity contribution < 1.29 is 23.8 Å². The largest absolute Gasteiger partial charge is 0.508 e. The fraction of sp³-hybridized carbons (Fsp3) is 0.185. The smallest absolute Gasteiger partial charge is 0.290 e. The fourth-order valence-electron chi connectivity index (χ4n) is 4.49. The molecule has 7 nitrogen and oxygen atoms in total. The number of hydrogen-bond acceptors (Lipinski definition) is 6. The lowest BCUT2D eigenvalue weighted by Gasteiger charge is -2.25. The molecule has 1 N–H and O–H groups in total. The number of nitrogens with zero attached hydrogens (tertiary/aromatic N) is 1. The molecule has 0 unspecified atom stereocenters. The molecule has 0 radical (unpaired) electrons. The number of phenols is 1. The molecule has 3 aromatic carbocycles. The molecule has 7 heteroatoms. The van der Waals surface area contributed by atoms with Crippen LogP contribution in [0.25, 0.3) is 11.0 Å². The van der Waals surface area contributed by atoms with E-state index in [0.717, 1.165) is 11.1 Å². The number of rotatable bonds is 6. The summed E-state index contributed by atoms with van der Waals surface area (Å²) in [5, 5.41) is 10.2. The monoisotopic (exact) mass is 457 g/mol. The topological polar surface area (TPSA) is 89.2 Å². The second-order valence-electron chi connectivity index (χ2n) is 8.10. The van der Waals surface area contributed by atoms with Gasteiger partial charge < -0.3 is 23.9 Å². The maximum Gasteiger partial charge on any atom is 0.290 e. The van der Waals surface area contributed by atoms with Gasteiger partial charge in [0.15, 0.2) is 16.9 Å². The normalized spacial score (nSPS) is 14.9. The van der Waals surface area contributed by atoms with E-state index in [-0.39, 0.29) is 22.8 Å². The average molecular weight is 457 g/mol. The summed E-state index contributed by atoms with van der Waals surface area (Å²) in [5.74, 6) is 1.06. The van der Waals surface area contributed by atoms with E-state index < -0.39 is 6.04 Å². The number of hydrogen-bond donors (Lipinski definition) is 1. The van der Waals surface area contributed by atoms with Crippen molar-refractivity contribution in [1.29, 1.82) is 0 Å². The van der Waals surface area contributed by atoms with Crippen molar-refractivity contribution in [3.05, 3.63) is 99.4 Å². The molecular formula is C27H23NO6. The maximum atomic E-state index is 13.5. The van der Waals surface area contributed by atoms with E-state index in [4.69, 9.17) is 13.9 Å². The first-order valence-electron chi connectivity index (χ1n) is 10.9. The molecule has 1 aliphatic heterocycles. The van der Waals surface area contributed by atoms with Crippen molar-refractivity contribution in [2.45, 2.75) is 12.5 Å². The van der Waals surface area contributed by atoms with Gasteiger partial charge in [0, 0.05) is 6.54 Å². The predicted molar refractivity (Wildman–Crippen MR) is 127 cm³/mol. The highest BCUT2D eigenvalue weighted by Crippen LogP contribution is 2.39. The Kier molecular flexibility index (Phi) is 5.45. The van der Waals surface area contributed by atoms with Gasteiger partial charge in [-0.2, -0.15) is 0 Å². The van der Waals surface area contributed by atoms with Crippen LogP contribution < -0.4 is 14.9 Å². The molecule has 4 aromatic rings. The predicted octanol–water partition coefficient (Wildman–Crippen LogP) is 4.30. The molecule has 1 aromatic heterocycles. The quantitative estimate of drug-likeness (QED) is 0.464. The van der Waals surface area contributed by atoms with Gasteiger partial charge in [0.05, 0.1) is 31.2 Å². The van der Waals surface area contributed by atoms with Crippen molar-refractivity contribution in [2.75, 3.05) is 20.8 Å². The van der Waals surface area contributed by atoms with Gasteiger partial charge in [0.1, 0.15) is 11.3 Å². The second kappa shape index (κ2) is 8.59. The molecule has 0 aliphatic carbocycles. The van der Waals surface area contributed by atoms with Gasteiger partial charge in [-0.1, -0.05) is 30.3 Å². The molecule has 2 heterocycles. The third kappa shape index (κ3) is 3.55. The lowest BCUT2D eigenvalue weighted by molar-refractivity contribution is 0.0730. The average Bonchev–Trinajstić information content (AvgIpc) is 3.14. The SMILES string of the molecule is COc1ccc(CCN2C(=O)c3oc4ccccc4c(=O)c3[C@H]2c2ccc(O)cc2)cc1OC. The minimum absolute atomic E-state index is 0.0640. The zero-order valence-corrected chi connectivity index (χ0v) is 18.8. The first kappa shape index (κ1) is 21.6. The van der Waals surface area contributed by atoms with Crippen LogP contribution in [0.5, 0.6) is 17.2 Å². The van der Waals surface area contributed by atoms with Crippen LogP contribution in [0.1, 0.15) is 33.3 Å². The van der Waals surface area contributed by atoms with Crippen molar-refractivity contribution in [3.63, 3.8) is 0 Å². The number of para-hydroxylation sites is 1. The van der Waals surface area contributed by atoms with Gasteiger partial charge in [-0.05, 0) is 53.9 Å². The number of carbonyl (C=O) groups is 1. The Hall–Kier alpha value is -4.26. The molecule has 1 aliphatic rings. The molecular weight excluding hydrogens is 434 g/mol. The van der Waals surface area contributed by atoms with Crippen molar-refractivity contribution in [3.8, 4) is 17.2 Å². The summed E-state index contributed by atoms with van der Waals surface area (Å²) in [4.78, 5) is 28.6. The summed E-state index contributed by atoms with van der Waals surface area (Å²) in [6.45, 7) is 0.347. The molecule has 0 saturated heterocycles. The summed E-state index contributed by atoms with van der Waals surface area (Å²) in [5.41, 5.74) is 2.15. The fourth-order valence-corrected chi connectivity index (χ4v) is 4.49. The van der Waals surface area contributed by atoms with E-state index in [2.05, 4.69) is 0 Å². The molecule has 0 fully saturated rings. The minimum Gasteiger partial charge on any atom is -0.508 e. The Morgan fingerprint density at radius 3 is 2.41 bits per heavy atom. The van der Waals surface area contributed by atoms with Gasteiger partial charge in [-0.15, -0.1) is 0 Å². The van der Waals surface area contributed by atoms with Crippen LogP contribution in [0.4, 0.5) is 0 Å². The van der Waals surface area contributed by atoms with Crippen LogP contribution >= 0.6 is 0 Å². The highest BCUT2D eigenvalue weighted by Gasteiger charge is 2.42. The zero-order valence-electron chi connectivity index (χ0n) is 18.8. The van der Waals surface area contributed by atoms with Gasteiger partial charge in [-0.25, -0.2) is 0 Å². The van der Waals surface area contributed by atoms with Crippen LogP contribution in [0.2, 0.25) is 0 Å². The number of amides is 1. The van der Waals surface area contributed by atoms with Crippen LogP contribution in [0.15, 0.2) is 75.9 Å². The van der Waals surface area contributed by atoms with E-state index in [9.17, 15) is 14.7 Å². The van der Waals surface area contributed by atoms with E-state index in [0.29, 0.717) is 41.0 Å². The van der Waals surface area contributed by atoms with Gasteiger partial charge in [0.2, 0.25) is 5.76 Å². The third-order valence-electron chi connectivity index (χ3n) is 6.17. The molecule has 5 rings (SSSR count). The summed E-state index contributed by atoms with van der Waals surface area (Å²) in [6, 6.07) is 18.5. The lowest BCUT2D eigenvalue weighted by atomic mass is 9.98. The molecule has 0 bridgehead atoms. The maximum absolute atomic E-state index is 13.5. The number of methoxy groups -OCH3 is 2. The van der Waals surface area contributed by atoms with Crippen molar-refractivity contribution in [1.82, 2.24) is 4.90 Å². The summed E-state index contributed by atoms with van der Waals surface area (Å²) in [7, 11) is 3.15. The number of ether oxygens (including phenoxy) is 2. The number of phenolic OH excluding ortho intramolecular Hbond substituents is 1. The summed E-state index contributed by atoms with van der Waals surface area (Å²) in [6.07, 6.45) is 0.530. The first-order chi connectivity index (χ1) is 16.5. The number of fused-ring (bicyclic) bond motifs is 2. The van der Waals surface area contributed by atoms with E-state index >= 15 is 0 Å². The van der Waals surface area contributed by atoms with Crippen molar-refractivity contribution >= 4 is 16.9 Å². The Morgan fingerprint density at radius 2 is 1.68 bits per heavy atom. The molecule has 1 atom stereocenters. The third-order valence-corrected chi connectivity index (χ3v) is 6.17. The zero-order chi connectivity index (χ0) is 23.8. The Balaban J connectivity index is 1.57.